The van der Waals surface area contributed by atoms with E-state index in [1.807, 2.05) is 10.9 Å². The molecule has 100 valence electrons. The van der Waals surface area contributed by atoms with E-state index in [2.05, 4.69) is 60.7 Å². The summed E-state index contributed by atoms with van der Waals surface area (Å²) in [4.78, 5) is 0. The van der Waals surface area contributed by atoms with Crippen LogP contribution < -0.4 is 5.32 Å². The van der Waals surface area contributed by atoms with E-state index in [1.54, 1.807) is 0 Å². The lowest BCUT2D eigenvalue weighted by molar-refractivity contribution is 0.313. The van der Waals surface area contributed by atoms with Gasteiger partial charge in [-0.1, -0.05) is 50.3 Å². The Morgan fingerprint density at radius 2 is 1.84 bits per heavy atom. The molecule has 1 aromatic carbocycles. The molecule has 0 amide bonds. The van der Waals surface area contributed by atoms with Gasteiger partial charge >= 0.3 is 0 Å². The molecule has 1 saturated heterocycles. The third-order valence-corrected chi connectivity index (χ3v) is 3.69. The van der Waals surface area contributed by atoms with Gasteiger partial charge in [0.2, 0.25) is 0 Å². The van der Waals surface area contributed by atoms with Gasteiger partial charge in [0.15, 0.2) is 0 Å². The van der Waals surface area contributed by atoms with Crippen LogP contribution in [0.3, 0.4) is 0 Å². The van der Waals surface area contributed by atoms with Crippen LogP contribution in [-0.2, 0) is 5.41 Å². The second kappa shape index (κ2) is 4.46. The molecule has 2 aromatic rings. The van der Waals surface area contributed by atoms with Crippen LogP contribution in [0.25, 0.3) is 11.3 Å². The maximum Gasteiger partial charge on any atom is 0.113 e. The fourth-order valence-corrected chi connectivity index (χ4v) is 2.19. The minimum Gasteiger partial charge on any atom is -0.312 e. The predicted octanol–water partition coefficient (Wildman–Crippen LogP) is 2.39. The monoisotopic (exact) mass is 256 g/mol. The molecular weight excluding hydrogens is 236 g/mol. The molecule has 0 atom stereocenters. The molecule has 1 fully saturated rings. The number of nitrogens with one attached hydrogen (secondary N) is 1. The molecule has 1 N–H and O–H groups in total. The highest BCUT2D eigenvalue weighted by Gasteiger charge is 2.20. The van der Waals surface area contributed by atoms with Gasteiger partial charge in [0.25, 0.3) is 0 Å². The van der Waals surface area contributed by atoms with Crippen molar-refractivity contribution < 1.29 is 0 Å². The van der Waals surface area contributed by atoms with Crippen molar-refractivity contribution in [2.45, 2.75) is 32.2 Å². The van der Waals surface area contributed by atoms with Gasteiger partial charge in [0.05, 0.1) is 12.2 Å². The van der Waals surface area contributed by atoms with Crippen LogP contribution in [0, 0.1) is 0 Å². The first-order chi connectivity index (χ1) is 9.04. The normalized spacial score (nSPS) is 16.4. The van der Waals surface area contributed by atoms with E-state index in [0.717, 1.165) is 24.3 Å². The third-order valence-electron chi connectivity index (χ3n) is 3.69. The van der Waals surface area contributed by atoms with Crippen molar-refractivity contribution in [2.24, 2.45) is 0 Å². The van der Waals surface area contributed by atoms with Crippen LogP contribution in [0.2, 0.25) is 0 Å². The minimum absolute atomic E-state index is 0.188. The molecule has 1 aliphatic rings. The number of hydrogen-bond acceptors (Lipinski definition) is 3. The van der Waals surface area contributed by atoms with Crippen LogP contribution in [0.5, 0.6) is 0 Å². The Morgan fingerprint density at radius 3 is 2.37 bits per heavy atom. The van der Waals surface area contributed by atoms with E-state index in [-0.39, 0.29) is 5.41 Å². The Bertz CT molecular complexity index is 559. The van der Waals surface area contributed by atoms with E-state index < -0.39 is 0 Å². The second-order valence-corrected chi connectivity index (χ2v) is 6.22. The Labute approximate surface area is 113 Å². The standard InChI is InChI=1S/C15H20N4/c1-15(2,3)12-6-4-11(5-7-12)14-10-19(18-17-14)13-8-16-9-13/h4-7,10,13,16H,8-9H2,1-3H3. The van der Waals surface area contributed by atoms with Crippen molar-refractivity contribution in [1.82, 2.24) is 20.3 Å². The maximum absolute atomic E-state index is 4.27. The van der Waals surface area contributed by atoms with Crippen LogP contribution in [-0.4, -0.2) is 28.1 Å². The van der Waals surface area contributed by atoms with Gasteiger partial charge in [0.1, 0.15) is 5.69 Å². The van der Waals surface area contributed by atoms with Crippen LogP contribution in [0.4, 0.5) is 0 Å². The van der Waals surface area contributed by atoms with Gasteiger partial charge in [-0.25, -0.2) is 4.68 Å². The zero-order valence-electron chi connectivity index (χ0n) is 11.7. The molecule has 0 radical (unpaired) electrons. The largest absolute Gasteiger partial charge is 0.312 e. The molecule has 1 aromatic heterocycles. The summed E-state index contributed by atoms with van der Waals surface area (Å²) in [6.45, 7) is 8.66. The third kappa shape index (κ3) is 2.40. The topological polar surface area (TPSA) is 42.7 Å². The lowest BCUT2D eigenvalue weighted by Crippen LogP contribution is -2.43. The first-order valence-electron chi connectivity index (χ1n) is 6.77. The van der Waals surface area contributed by atoms with Gasteiger partial charge in [-0.2, -0.15) is 0 Å². The van der Waals surface area contributed by atoms with Crippen LogP contribution in [0.15, 0.2) is 30.5 Å². The van der Waals surface area contributed by atoms with E-state index >= 15 is 0 Å². The van der Waals surface area contributed by atoms with Crippen molar-refractivity contribution in [1.29, 1.82) is 0 Å². The molecule has 19 heavy (non-hydrogen) atoms. The molecule has 4 heteroatoms. The summed E-state index contributed by atoms with van der Waals surface area (Å²) < 4.78 is 1.96. The number of benzene rings is 1. The first kappa shape index (κ1) is 12.4. The number of nitrogens with zero attached hydrogens (tertiary/aromatic N) is 3. The smallest absolute Gasteiger partial charge is 0.113 e. The molecular formula is C15H20N4. The summed E-state index contributed by atoms with van der Waals surface area (Å²) in [6, 6.07) is 9.09. The molecule has 0 spiro atoms. The molecule has 3 rings (SSSR count). The lowest BCUT2D eigenvalue weighted by atomic mass is 9.86. The molecule has 0 saturated carbocycles. The van der Waals surface area contributed by atoms with Gasteiger partial charge in [-0.05, 0) is 11.0 Å². The zero-order valence-corrected chi connectivity index (χ0v) is 11.7. The molecule has 2 heterocycles. The number of rotatable bonds is 2. The number of hydrogen-bond donors (Lipinski definition) is 1. The van der Waals surface area contributed by atoms with Crippen molar-refractivity contribution in [3.05, 3.63) is 36.0 Å². The van der Waals surface area contributed by atoms with Crippen LogP contribution >= 0.6 is 0 Å². The van der Waals surface area contributed by atoms with E-state index in [1.165, 1.54) is 5.56 Å². The summed E-state index contributed by atoms with van der Waals surface area (Å²) >= 11 is 0. The highest BCUT2D eigenvalue weighted by atomic mass is 15.4. The highest BCUT2D eigenvalue weighted by molar-refractivity contribution is 5.58. The molecule has 4 nitrogen and oxygen atoms in total. The fraction of sp³-hybridized carbons (Fsp3) is 0.467. The van der Waals surface area contributed by atoms with Crippen molar-refractivity contribution in [3.8, 4) is 11.3 Å². The molecule has 0 aliphatic carbocycles. The van der Waals surface area contributed by atoms with E-state index in [9.17, 15) is 0 Å². The van der Waals surface area contributed by atoms with E-state index in [0.29, 0.717) is 6.04 Å². The highest BCUT2D eigenvalue weighted by Crippen LogP contribution is 2.25. The first-order valence-corrected chi connectivity index (χ1v) is 6.77. The van der Waals surface area contributed by atoms with Crippen molar-refractivity contribution in [2.75, 3.05) is 13.1 Å². The molecule has 0 unspecified atom stereocenters. The van der Waals surface area contributed by atoms with Gasteiger partial charge < -0.3 is 5.32 Å². The minimum atomic E-state index is 0.188. The second-order valence-electron chi connectivity index (χ2n) is 6.22. The number of aromatic nitrogens is 3. The Hall–Kier alpha value is -1.68. The summed E-state index contributed by atoms with van der Waals surface area (Å²) in [7, 11) is 0. The van der Waals surface area contributed by atoms with Crippen molar-refractivity contribution >= 4 is 0 Å². The van der Waals surface area contributed by atoms with Crippen LogP contribution in [0.1, 0.15) is 32.4 Å². The van der Waals surface area contributed by atoms with Gasteiger partial charge in [-0.15, -0.1) is 5.10 Å². The molecule has 0 bridgehead atoms. The average molecular weight is 256 g/mol. The Balaban J connectivity index is 1.83. The maximum atomic E-state index is 4.27. The lowest BCUT2D eigenvalue weighted by Gasteiger charge is -2.26. The van der Waals surface area contributed by atoms with Crippen molar-refractivity contribution in [3.63, 3.8) is 0 Å². The fourth-order valence-electron chi connectivity index (χ4n) is 2.19. The Morgan fingerprint density at radius 1 is 1.16 bits per heavy atom. The Kier molecular flexibility index (Phi) is 2.90. The summed E-state index contributed by atoms with van der Waals surface area (Å²) in [5, 5.41) is 11.7. The molecule has 1 aliphatic heterocycles. The summed E-state index contributed by atoms with van der Waals surface area (Å²) in [5.41, 5.74) is 3.61. The zero-order chi connectivity index (χ0) is 13.5. The van der Waals surface area contributed by atoms with E-state index in [4.69, 9.17) is 0 Å². The average Bonchev–Trinajstić information content (AvgIpc) is 2.75. The SMILES string of the molecule is CC(C)(C)c1ccc(-c2cn(C3CNC3)nn2)cc1. The summed E-state index contributed by atoms with van der Waals surface area (Å²) in [6.07, 6.45) is 2.04. The van der Waals surface area contributed by atoms with Gasteiger partial charge in [-0.3, -0.25) is 0 Å². The predicted molar refractivity (Wildman–Crippen MR) is 76.1 cm³/mol. The van der Waals surface area contributed by atoms with Gasteiger partial charge in [0, 0.05) is 18.7 Å². The quantitative estimate of drug-likeness (QED) is 0.897. The summed E-state index contributed by atoms with van der Waals surface area (Å²) in [5.74, 6) is 0.